The molecule has 39 heavy (non-hydrogen) atoms. The van der Waals surface area contributed by atoms with Gasteiger partial charge < -0.3 is 4.74 Å². The number of amides is 1. The van der Waals surface area contributed by atoms with Crippen molar-refractivity contribution >= 4 is 42.6 Å². The molecule has 0 radical (unpaired) electrons. The molecule has 3 aromatic carbocycles. The molecule has 11 heteroatoms. The number of sulfonamides is 1. The summed E-state index contributed by atoms with van der Waals surface area (Å²) in [5.74, 6) is -1.95. The summed E-state index contributed by atoms with van der Waals surface area (Å²) in [5.41, 5.74) is 2.37. The van der Waals surface area contributed by atoms with E-state index >= 15 is 0 Å². The Bertz CT molecular complexity index is 1650. The van der Waals surface area contributed by atoms with Crippen LogP contribution in [0.5, 0.6) is 0 Å². The number of carbonyl (C=O) groups excluding carboxylic acids is 1. The van der Waals surface area contributed by atoms with Crippen molar-refractivity contribution in [2.75, 3.05) is 24.6 Å². The Morgan fingerprint density at radius 3 is 2.62 bits per heavy atom. The van der Waals surface area contributed by atoms with Gasteiger partial charge in [0.05, 0.1) is 22.2 Å². The zero-order chi connectivity index (χ0) is 27.1. The van der Waals surface area contributed by atoms with Gasteiger partial charge in [0.1, 0.15) is 11.3 Å². The summed E-state index contributed by atoms with van der Waals surface area (Å²) in [5, 5.41) is 0.221. The Labute approximate surface area is 228 Å². The molecule has 202 valence electrons. The highest BCUT2D eigenvalue weighted by Crippen LogP contribution is 2.33. The van der Waals surface area contributed by atoms with Crippen molar-refractivity contribution < 1.29 is 26.7 Å². The number of hydrogen-bond acceptors (Lipinski definition) is 6. The first-order valence-corrected chi connectivity index (χ1v) is 14.9. The molecule has 0 bridgehead atoms. The van der Waals surface area contributed by atoms with E-state index in [0.29, 0.717) is 26.1 Å². The predicted octanol–water partition coefficient (Wildman–Crippen LogP) is 5.15. The van der Waals surface area contributed by atoms with Crippen LogP contribution in [-0.2, 0) is 27.7 Å². The first kappa shape index (κ1) is 26.0. The number of rotatable bonds is 6. The van der Waals surface area contributed by atoms with Crippen LogP contribution in [0.4, 0.5) is 13.9 Å². The van der Waals surface area contributed by atoms with E-state index in [9.17, 15) is 22.0 Å². The minimum Gasteiger partial charge on any atom is -0.376 e. The number of benzene rings is 3. The van der Waals surface area contributed by atoms with Crippen molar-refractivity contribution in [3.8, 4) is 0 Å². The number of halogens is 2. The molecule has 0 aliphatic carbocycles. The van der Waals surface area contributed by atoms with Crippen LogP contribution >= 0.6 is 11.3 Å². The molecule has 7 nitrogen and oxygen atoms in total. The first-order valence-electron chi connectivity index (χ1n) is 12.7. The van der Waals surface area contributed by atoms with Gasteiger partial charge in [0.15, 0.2) is 10.9 Å². The fourth-order valence-corrected chi connectivity index (χ4v) is 7.48. The smallest absolute Gasteiger partial charge is 0.260 e. The average molecular weight is 570 g/mol. The Balaban J connectivity index is 1.28. The Morgan fingerprint density at radius 2 is 1.87 bits per heavy atom. The predicted molar refractivity (Wildman–Crippen MR) is 144 cm³/mol. The van der Waals surface area contributed by atoms with Gasteiger partial charge in [-0.1, -0.05) is 35.6 Å². The third-order valence-corrected chi connectivity index (χ3v) is 10.0. The van der Waals surface area contributed by atoms with Gasteiger partial charge in [0, 0.05) is 31.3 Å². The topological polar surface area (TPSA) is 79.8 Å². The Morgan fingerprint density at radius 1 is 1.10 bits per heavy atom. The van der Waals surface area contributed by atoms with E-state index in [2.05, 4.69) is 4.98 Å². The van der Waals surface area contributed by atoms with E-state index in [1.807, 2.05) is 24.3 Å². The van der Waals surface area contributed by atoms with E-state index in [0.717, 1.165) is 41.4 Å². The van der Waals surface area contributed by atoms with Crippen molar-refractivity contribution in [2.24, 2.45) is 0 Å². The van der Waals surface area contributed by atoms with Crippen molar-refractivity contribution in [3.63, 3.8) is 0 Å². The average Bonchev–Trinajstić information content (AvgIpc) is 3.61. The second kappa shape index (κ2) is 10.4. The van der Waals surface area contributed by atoms with Crippen molar-refractivity contribution in [2.45, 2.75) is 36.8 Å². The molecule has 1 atom stereocenters. The van der Waals surface area contributed by atoms with Gasteiger partial charge in [-0.05, 0) is 60.7 Å². The quantitative estimate of drug-likeness (QED) is 0.321. The zero-order valence-electron chi connectivity index (χ0n) is 20.8. The summed E-state index contributed by atoms with van der Waals surface area (Å²) < 4.78 is 62.3. The number of carbonyl (C=O) groups is 1. The molecule has 1 unspecified atom stereocenters. The van der Waals surface area contributed by atoms with Crippen LogP contribution in [0, 0.1) is 11.6 Å². The molecule has 1 aromatic heterocycles. The van der Waals surface area contributed by atoms with Gasteiger partial charge in [-0.3, -0.25) is 9.69 Å². The number of thiazole rings is 1. The lowest BCUT2D eigenvalue weighted by molar-refractivity contribution is 0.0917. The monoisotopic (exact) mass is 569 g/mol. The summed E-state index contributed by atoms with van der Waals surface area (Å²) in [6.07, 6.45) is 2.04. The van der Waals surface area contributed by atoms with Crippen LogP contribution in [-0.4, -0.2) is 49.4 Å². The van der Waals surface area contributed by atoms with Crippen LogP contribution in [0.15, 0.2) is 65.6 Å². The van der Waals surface area contributed by atoms with E-state index in [1.54, 1.807) is 0 Å². The molecule has 4 aromatic rings. The van der Waals surface area contributed by atoms with Gasteiger partial charge in [0.2, 0.25) is 10.0 Å². The lowest BCUT2D eigenvalue weighted by Crippen LogP contribution is -2.37. The first-order chi connectivity index (χ1) is 18.8. The standard InChI is InChI=1S/C28H25F2N3O4S2/c29-21-14-24(30)26-25(15-21)38-28(31-26)33(17-22-6-3-13-37-22)27(34)19-7-9-23(10-8-19)39(35,36)32-12-11-18-4-1-2-5-20(18)16-32/h1-2,4-5,7-10,14-15,22H,3,6,11-13,16-17H2. The lowest BCUT2D eigenvalue weighted by atomic mass is 10.0. The van der Waals surface area contributed by atoms with Crippen LogP contribution in [0.1, 0.15) is 34.3 Å². The van der Waals surface area contributed by atoms with Crippen LogP contribution in [0.3, 0.4) is 0 Å². The van der Waals surface area contributed by atoms with Crippen LogP contribution in [0.2, 0.25) is 0 Å². The minimum absolute atomic E-state index is 0.00825. The highest BCUT2D eigenvalue weighted by Gasteiger charge is 2.30. The van der Waals surface area contributed by atoms with Gasteiger partial charge in [-0.2, -0.15) is 4.31 Å². The molecule has 2 aliphatic heterocycles. The molecule has 0 spiro atoms. The summed E-state index contributed by atoms with van der Waals surface area (Å²) in [7, 11) is -3.76. The second-order valence-corrected chi connectivity index (χ2v) is 12.6. The van der Waals surface area contributed by atoms with Crippen LogP contribution in [0.25, 0.3) is 10.2 Å². The Kier molecular flexibility index (Phi) is 6.92. The number of aromatic nitrogens is 1. The highest BCUT2D eigenvalue weighted by molar-refractivity contribution is 7.89. The fourth-order valence-electron chi connectivity index (χ4n) is 5.05. The van der Waals surface area contributed by atoms with Gasteiger partial charge in [-0.25, -0.2) is 22.2 Å². The maximum atomic E-state index is 14.4. The fraction of sp³-hybridized carbons (Fsp3) is 0.286. The number of fused-ring (bicyclic) bond motifs is 2. The third kappa shape index (κ3) is 5.07. The number of hydrogen-bond donors (Lipinski definition) is 0. The van der Waals surface area contributed by atoms with Gasteiger partial charge in [0.25, 0.3) is 5.91 Å². The molecule has 0 N–H and O–H groups in total. The van der Waals surface area contributed by atoms with E-state index in [4.69, 9.17) is 4.74 Å². The minimum atomic E-state index is -3.76. The number of anilines is 1. The van der Waals surface area contributed by atoms with Crippen molar-refractivity contribution in [1.29, 1.82) is 0 Å². The summed E-state index contributed by atoms with van der Waals surface area (Å²) in [4.78, 5) is 19.5. The number of ether oxygens (including phenoxy) is 1. The number of nitrogens with zero attached hydrogens (tertiary/aromatic N) is 3. The maximum absolute atomic E-state index is 14.4. The molecular weight excluding hydrogens is 544 g/mol. The molecule has 2 aliphatic rings. The molecule has 1 saturated heterocycles. The SMILES string of the molecule is O=C(c1ccc(S(=O)(=O)N2CCc3ccccc3C2)cc1)N(CC1CCCO1)c1nc2c(F)cc(F)cc2s1. The summed E-state index contributed by atoms with van der Waals surface area (Å²) in [6.45, 7) is 1.45. The molecule has 1 amide bonds. The molecule has 1 fully saturated rings. The lowest BCUT2D eigenvalue weighted by Gasteiger charge is -2.28. The molecule has 6 rings (SSSR count). The largest absolute Gasteiger partial charge is 0.376 e. The highest BCUT2D eigenvalue weighted by atomic mass is 32.2. The molecule has 0 saturated carbocycles. The maximum Gasteiger partial charge on any atom is 0.260 e. The second-order valence-electron chi connectivity index (χ2n) is 9.66. The normalized spacial score (nSPS) is 17.8. The summed E-state index contributed by atoms with van der Waals surface area (Å²) in [6, 6.07) is 15.6. The van der Waals surface area contributed by atoms with Crippen molar-refractivity contribution in [3.05, 3.63) is 89.0 Å². The zero-order valence-corrected chi connectivity index (χ0v) is 22.5. The molecular formula is C28H25F2N3O4S2. The summed E-state index contributed by atoms with van der Waals surface area (Å²) >= 11 is 1.02. The third-order valence-electron chi connectivity index (χ3n) is 7.12. The van der Waals surface area contributed by atoms with E-state index in [-0.39, 0.29) is 38.5 Å². The molecule has 3 heterocycles. The van der Waals surface area contributed by atoms with E-state index in [1.165, 1.54) is 39.5 Å². The van der Waals surface area contributed by atoms with Gasteiger partial charge >= 0.3 is 0 Å². The Hall–Kier alpha value is -3.25. The van der Waals surface area contributed by atoms with Crippen molar-refractivity contribution in [1.82, 2.24) is 9.29 Å². The van der Waals surface area contributed by atoms with Crippen LogP contribution < -0.4 is 4.90 Å². The van der Waals surface area contributed by atoms with E-state index < -0.39 is 27.6 Å². The van der Waals surface area contributed by atoms with Gasteiger partial charge in [-0.15, -0.1) is 0 Å².